The summed E-state index contributed by atoms with van der Waals surface area (Å²) in [5.41, 5.74) is 0. The fourth-order valence-electron chi connectivity index (χ4n) is 2.81. The van der Waals surface area contributed by atoms with E-state index in [0.29, 0.717) is 31.3 Å². The first-order valence-electron chi connectivity index (χ1n) is 6.81. The molecule has 4 heteroatoms. The van der Waals surface area contributed by atoms with Crippen molar-refractivity contribution in [3.63, 3.8) is 0 Å². The van der Waals surface area contributed by atoms with E-state index in [2.05, 4.69) is 20.8 Å². The molecule has 0 aliphatic carbocycles. The van der Waals surface area contributed by atoms with E-state index in [9.17, 15) is 9.59 Å². The zero-order valence-corrected chi connectivity index (χ0v) is 11.8. The van der Waals surface area contributed by atoms with Crippen LogP contribution in [0.15, 0.2) is 0 Å². The number of aliphatic carboxylic acids is 1. The van der Waals surface area contributed by atoms with Crippen molar-refractivity contribution in [1.82, 2.24) is 4.90 Å². The molecule has 0 spiro atoms. The Morgan fingerprint density at radius 3 is 2.33 bits per heavy atom. The first-order chi connectivity index (χ1) is 8.31. The van der Waals surface area contributed by atoms with Gasteiger partial charge in [-0.25, -0.2) is 0 Å². The molecule has 0 aromatic rings. The predicted molar refractivity (Wildman–Crippen MR) is 70.1 cm³/mol. The van der Waals surface area contributed by atoms with Crippen LogP contribution in [0.4, 0.5) is 0 Å². The van der Waals surface area contributed by atoms with Crippen LogP contribution in [0.5, 0.6) is 0 Å². The summed E-state index contributed by atoms with van der Waals surface area (Å²) in [5, 5.41) is 9.05. The second-order valence-electron chi connectivity index (χ2n) is 6.16. The highest BCUT2D eigenvalue weighted by molar-refractivity contribution is 5.79. The quantitative estimate of drug-likeness (QED) is 0.819. The van der Waals surface area contributed by atoms with Crippen molar-refractivity contribution >= 4 is 11.9 Å². The van der Waals surface area contributed by atoms with Crippen LogP contribution < -0.4 is 0 Å². The third kappa shape index (κ3) is 4.00. The van der Waals surface area contributed by atoms with Crippen LogP contribution in [0.25, 0.3) is 0 Å². The van der Waals surface area contributed by atoms with Crippen LogP contribution >= 0.6 is 0 Å². The standard InChI is InChI=1S/C14H25NO3/c1-9(2)5-10(3)6-13(16)15-7-11(4)12(8-15)14(17)18/h9-12H,5-8H2,1-4H3,(H,17,18)/t10?,11-,12-/m1/s1. The van der Waals surface area contributed by atoms with E-state index < -0.39 is 11.9 Å². The summed E-state index contributed by atoms with van der Waals surface area (Å²) >= 11 is 0. The van der Waals surface area contributed by atoms with Gasteiger partial charge in [0.15, 0.2) is 0 Å². The largest absolute Gasteiger partial charge is 0.481 e. The van der Waals surface area contributed by atoms with Crippen LogP contribution in [0, 0.1) is 23.7 Å². The SMILES string of the molecule is CC(C)CC(C)CC(=O)N1C[C@@H](C)[C@H](C(=O)O)C1. The molecule has 1 saturated heterocycles. The van der Waals surface area contributed by atoms with Crippen molar-refractivity contribution in [2.24, 2.45) is 23.7 Å². The monoisotopic (exact) mass is 255 g/mol. The minimum Gasteiger partial charge on any atom is -0.481 e. The lowest BCUT2D eigenvalue weighted by Gasteiger charge is -2.19. The number of carboxylic acids is 1. The number of carbonyl (C=O) groups is 2. The van der Waals surface area contributed by atoms with Gasteiger partial charge in [0.05, 0.1) is 5.92 Å². The van der Waals surface area contributed by atoms with Crippen molar-refractivity contribution in [3.8, 4) is 0 Å². The van der Waals surface area contributed by atoms with Crippen LogP contribution in [-0.4, -0.2) is 35.0 Å². The Labute approximate surface area is 109 Å². The normalized spacial score (nSPS) is 25.5. The Hall–Kier alpha value is -1.06. The molecule has 1 aliphatic heterocycles. The fraction of sp³-hybridized carbons (Fsp3) is 0.857. The Morgan fingerprint density at radius 1 is 1.28 bits per heavy atom. The molecule has 1 amide bonds. The summed E-state index contributed by atoms with van der Waals surface area (Å²) in [6.07, 6.45) is 1.58. The summed E-state index contributed by atoms with van der Waals surface area (Å²) in [4.78, 5) is 24.8. The first kappa shape index (κ1) is 15.0. The minimum absolute atomic E-state index is 0.0619. The maximum atomic E-state index is 12.1. The molecule has 0 bridgehead atoms. The lowest BCUT2D eigenvalue weighted by Crippen LogP contribution is -2.31. The first-order valence-corrected chi connectivity index (χ1v) is 6.81. The van der Waals surface area contributed by atoms with Gasteiger partial charge in [0.2, 0.25) is 5.91 Å². The van der Waals surface area contributed by atoms with Crippen LogP contribution in [0.1, 0.15) is 40.5 Å². The molecule has 0 aromatic carbocycles. The summed E-state index contributed by atoms with van der Waals surface area (Å²) in [6, 6.07) is 0. The van der Waals surface area contributed by atoms with Gasteiger partial charge in [-0.2, -0.15) is 0 Å². The number of carboxylic acid groups (broad SMARTS) is 1. The van der Waals surface area contributed by atoms with E-state index in [4.69, 9.17) is 5.11 Å². The van der Waals surface area contributed by atoms with Crippen LogP contribution in [0.3, 0.4) is 0 Å². The Balaban J connectivity index is 2.47. The predicted octanol–water partition coefficient (Wildman–Crippen LogP) is 2.24. The zero-order chi connectivity index (χ0) is 13.9. The van der Waals surface area contributed by atoms with E-state index in [-0.39, 0.29) is 11.8 Å². The highest BCUT2D eigenvalue weighted by Crippen LogP contribution is 2.25. The highest BCUT2D eigenvalue weighted by atomic mass is 16.4. The molecule has 1 unspecified atom stereocenters. The lowest BCUT2D eigenvalue weighted by molar-refractivity contribution is -0.142. The van der Waals surface area contributed by atoms with Gasteiger partial charge >= 0.3 is 5.97 Å². The molecule has 0 aromatic heterocycles. The fourth-order valence-corrected chi connectivity index (χ4v) is 2.81. The molecule has 104 valence electrons. The molecule has 0 radical (unpaired) electrons. The van der Waals surface area contributed by atoms with Gasteiger partial charge in [-0.05, 0) is 24.2 Å². The molecule has 0 saturated carbocycles. The number of amides is 1. The molecule has 1 aliphatic rings. The number of hydrogen-bond donors (Lipinski definition) is 1. The van der Waals surface area contributed by atoms with Gasteiger partial charge in [0.1, 0.15) is 0 Å². The second-order valence-corrected chi connectivity index (χ2v) is 6.16. The second kappa shape index (κ2) is 6.21. The average Bonchev–Trinajstić information content (AvgIpc) is 2.58. The van der Waals surface area contributed by atoms with Crippen molar-refractivity contribution in [3.05, 3.63) is 0 Å². The molecule has 4 nitrogen and oxygen atoms in total. The van der Waals surface area contributed by atoms with E-state index >= 15 is 0 Å². The average molecular weight is 255 g/mol. The van der Waals surface area contributed by atoms with Gasteiger partial charge in [-0.15, -0.1) is 0 Å². The third-order valence-electron chi connectivity index (χ3n) is 3.68. The third-order valence-corrected chi connectivity index (χ3v) is 3.68. The van der Waals surface area contributed by atoms with Crippen molar-refractivity contribution < 1.29 is 14.7 Å². The number of carbonyl (C=O) groups excluding carboxylic acids is 1. The molecular formula is C14H25NO3. The molecule has 3 atom stereocenters. The van der Waals surface area contributed by atoms with Crippen LogP contribution in [-0.2, 0) is 9.59 Å². The summed E-state index contributed by atoms with van der Waals surface area (Å²) < 4.78 is 0. The molecule has 1 fully saturated rings. The zero-order valence-electron chi connectivity index (χ0n) is 11.8. The molecule has 18 heavy (non-hydrogen) atoms. The maximum Gasteiger partial charge on any atom is 0.308 e. The Morgan fingerprint density at radius 2 is 1.89 bits per heavy atom. The van der Waals surface area contributed by atoms with Gasteiger partial charge in [0.25, 0.3) is 0 Å². The molecule has 1 N–H and O–H groups in total. The topological polar surface area (TPSA) is 57.6 Å². The molecule has 1 heterocycles. The minimum atomic E-state index is -0.784. The molecular weight excluding hydrogens is 230 g/mol. The highest BCUT2D eigenvalue weighted by Gasteiger charge is 2.36. The number of likely N-dealkylation sites (tertiary alicyclic amines) is 1. The van der Waals surface area contributed by atoms with Gasteiger partial charge < -0.3 is 10.0 Å². The maximum absolute atomic E-state index is 12.1. The van der Waals surface area contributed by atoms with Crippen LogP contribution in [0.2, 0.25) is 0 Å². The summed E-state index contributed by atoms with van der Waals surface area (Å²) in [7, 11) is 0. The number of hydrogen-bond acceptors (Lipinski definition) is 2. The summed E-state index contributed by atoms with van der Waals surface area (Å²) in [6.45, 7) is 9.27. The summed E-state index contributed by atoms with van der Waals surface area (Å²) in [5.74, 6) is -0.0401. The lowest BCUT2D eigenvalue weighted by atomic mass is 9.95. The Bertz CT molecular complexity index is 314. The van der Waals surface area contributed by atoms with Crippen molar-refractivity contribution in [1.29, 1.82) is 0 Å². The van der Waals surface area contributed by atoms with Gasteiger partial charge in [-0.3, -0.25) is 9.59 Å². The van der Waals surface area contributed by atoms with E-state index in [0.717, 1.165) is 6.42 Å². The number of rotatable bonds is 5. The molecule has 1 rings (SSSR count). The number of nitrogens with zero attached hydrogens (tertiary/aromatic N) is 1. The van der Waals surface area contributed by atoms with Crippen molar-refractivity contribution in [2.75, 3.05) is 13.1 Å². The Kier molecular flexibility index (Phi) is 5.17. The van der Waals surface area contributed by atoms with E-state index in [1.165, 1.54) is 0 Å². The van der Waals surface area contributed by atoms with E-state index in [1.807, 2.05) is 6.92 Å². The van der Waals surface area contributed by atoms with Gasteiger partial charge in [-0.1, -0.05) is 27.7 Å². The van der Waals surface area contributed by atoms with E-state index in [1.54, 1.807) is 4.90 Å². The smallest absolute Gasteiger partial charge is 0.308 e. The van der Waals surface area contributed by atoms with Gasteiger partial charge in [0, 0.05) is 19.5 Å². The van der Waals surface area contributed by atoms with Crippen molar-refractivity contribution in [2.45, 2.75) is 40.5 Å².